The van der Waals surface area contributed by atoms with Crippen molar-refractivity contribution in [3.05, 3.63) is 50.5 Å². The molecule has 5 rings (SSSR count). The number of aliphatic hydroxyl groups excluding tert-OH is 3. The molecule has 16 heteroatoms. The Kier molecular flexibility index (Phi) is 8.39. The van der Waals surface area contributed by atoms with Crippen molar-refractivity contribution in [1.29, 1.82) is 0 Å². The van der Waals surface area contributed by atoms with E-state index >= 15 is 0 Å². The molecule has 0 bridgehead atoms. The van der Waals surface area contributed by atoms with Crippen molar-refractivity contribution in [1.82, 2.24) is 14.7 Å². The molecule has 232 valence electrons. The van der Waals surface area contributed by atoms with Gasteiger partial charge in [-0.05, 0) is 31.0 Å². The lowest BCUT2D eigenvalue weighted by Gasteiger charge is -2.46. The molecule has 4 aliphatic rings. The van der Waals surface area contributed by atoms with Gasteiger partial charge < -0.3 is 35.0 Å². The van der Waals surface area contributed by atoms with Crippen molar-refractivity contribution in [2.75, 3.05) is 19.6 Å². The summed E-state index contributed by atoms with van der Waals surface area (Å²) in [6, 6.07) is 3.87. The summed E-state index contributed by atoms with van der Waals surface area (Å²) < 4.78 is 5.45. The summed E-state index contributed by atoms with van der Waals surface area (Å²) in [7, 11) is 0. The fourth-order valence-electron chi connectivity index (χ4n) is 6.28. The number of benzene rings is 1. The second-order valence-electron chi connectivity index (χ2n) is 11.3. The number of hydrogen-bond acceptors (Lipinski definition) is 11. The summed E-state index contributed by atoms with van der Waals surface area (Å²) in [5.41, 5.74) is 0.186. The van der Waals surface area contributed by atoms with E-state index in [0.717, 1.165) is 0 Å². The van der Waals surface area contributed by atoms with Gasteiger partial charge in [0, 0.05) is 47.8 Å². The van der Waals surface area contributed by atoms with Crippen LogP contribution in [-0.2, 0) is 25.7 Å². The number of aliphatic hydroxyl groups is 3. The molecule has 3 amide bonds. The molecule has 1 aromatic carbocycles. The number of nitro benzene ring substituents is 1. The molecular formula is C27H32N4O11S. The van der Waals surface area contributed by atoms with E-state index in [-0.39, 0.29) is 44.0 Å². The Balaban J connectivity index is 1.35. The average molecular weight is 621 g/mol. The number of likely N-dealkylation sites (tertiary alicyclic amines) is 2. The van der Waals surface area contributed by atoms with Crippen LogP contribution in [0.2, 0.25) is 0 Å². The van der Waals surface area contributed by atoms with Crippen LogP contribution >= 0.6 is 11.8 Å². The van der Waals surface area contributed by atoms with Crippen molar-refractivity contribution in [2.45, 2.75) is 62.5 Å². The van der Waals surface area contributed by atoms with Crippen LogP contribution in [0.3, 0.4) is 0 Å². The maximum Gasteiger partial charge on any atom is 0.410 e. The Morgan fingerprint density at radius 1 is 1.14 bits per heavy atom. The largest absolute Gasteiger partial charge is 0.477 e. The molecule has 15 nitrogen and oxygen atoms in total. The van der Waals surface area contributed by atoms with Crippen LogP contribution in [0.1, 0.15) is 25.8 Å². The quantitative estimate of drug-likeness (QED) is 0.173. The molecule has 0 unspecified atom stereocenters. The standard InChI is InChI=1S/C27H32N4O11S/c1-12-21-20(13(2)32)25(36)30(21)22(26(37)38)23(12)43-16-7-17(24(35)28-9-18(33)19(34)10-28)29(8-16)27(39)42-11-14-3-5-15(6-4-14)31(40)41/h3-6,12-13,16-21,32-34H,7-11H2,1-2H3,(H,37,38)/t12-,13-,16-,17+,18-,19-,20-,21-/m1/s1. The monoisotopic (exact) mass is 620 g/mol. The topological polar surface area (TPSA) is 211 Å². The number of carbonyl (C=O) groups excluding carboxylic acids is 3. The van der Waals surface area contributed by atoms with Gasteiger partial charge in [0.2, 0.25) is 11.8 Å². The molecule has 0 spiro atoms. The van der Waals surface area contributed by atoms with Gasteiger partial charge in [-0.3, -0.25) is 24.6 Å². The first-order valence-corrected chi connectivity index (χ1v) is 14.6. The molecule has 4 N–H and O–H groups in total. The van der Waals surface area contributed by atoms with E-state index in [0.29, 0.717) is 10.5 Å². The van der Waals surface area contributed by atoms with E-state index < -0.39 is 76.3 Å². The second-order valence-corrected chi connectivity index (χ2v) is 12.6. The summed E-state index contributed by atoms with van der Waals surface area (Å²) in [5, 5.41) is 50.5. The highest BCUT2D eigenvalue weighted by Gasteiger charge is 2.60. The number of β-lactam (4-membered cyclic amide) rings is 1. The van der Waals surface area contributed by atoms with Crippen molar-refractivity contribution in [3.63, 3.8) is 0 Å². The van der Waals surface area contributed by atoms with Crippen LogP contribution in [0.15, 0.2) is 34.9 Å². The predicted molar refractivity (Wildman–Crippen MR) is 148 cm³/mol. The molecule has 4 heterocycles. The van der Waals surface area contributed by atoms with E-state index in [2.05, 4.69) is 0 Å². The lowest BCUT2D eigenvalue weighted by molar-refractivity contribution is -0.384. The zero-order valence-corrected chi connectivity index (χ0v) is 24.1. The molecule has 3 saturated heterocycles. The highest BCUT2D eigenvalue weighted by Crippen LogP contribution is 2.52. The summed E-state index contributed by atoms with van der Waals surface area (Å²) in [4.78, 5) is 66.2. The third kappa shape index (κ3) is 5.55. The Morgan fingerprint density at radius 2 is 1.77 bits per heavy atom. The number of carboxylic acids is 1. The third-order valence-corrected chi connectivity index (χ3v) is 9.96. The van der Waals surface area contributed by atoms with Gasteiger partial charge in [-0.2, -0.15) is 0 Å². The molecule has 8 atom stereocenters. The molecule has 0 aromatic heterocycles. The first kappa shape index (κ1) is 30.7. The summed E-state index contributed by atoms with van der Waals surface area (Å²) in [6.07, 6.45) is -3.95. The van der Waals surface area contributed by atoms with E-state index in [4.69, 9.17) is 4.74 Å². The van der Waals surface area contributed by atoms with Gasteiger partial charge in [-0.25, -0.2) is 9.59 Å². The van der Waals surface area contributed by atoms with E-state index in [1.165, 1.54) is 57.7 Å². The number of ether oxygens (including phenoxy) is 1. The maximum atomic E-state index is 13.5. The molecular weight excluding hydrogens is 588 g/mol. The molecule has 4 aliphatic heterocycles. The number of carboxylic acid groups (broad SMARTS) is 1. The van der Waals surface area contributed by atoms with E-state index in [1.54, 1.807) is 6.92 Å². The fourth-order valence-corrected chi connectivity index (χ4v) is 7.80. The minimum atomic E-state index is -1.29. The number of carbonyl (C=O) groups is 4. The SMILES string of the molecule is C[C@@H](O)[C@H]1C(=O)N2C(C(=O)O)=C(S[C@@H]3C[C@@H](C(=O)N4C[C@@H](O)[C@H](O)C4)N(C(=O)OCc4ccc([N+](=O)[O-])cc4)C3)[C@H](C)[C@H]12. The number of rotatable bonds is 8. The number of amides is 3. The van der Waals surface area contributed by atoms with Gasteiger partial charge in [0.05, 0.1) is 35.2 Å². The van der Waals surface area contributed by atoms with Crippen LogP contribution in [0.25, 0.3) is 0 Å². The normalized spacial score (nSPS) is 30.8. The van der Waals surface area contributed by atoms with Gasteiger partial charge in [0.15, 0.2) is 0 Å². The first-order chi connectivity index (χ1) is 20.3. The second kappa shape index (κ2) is 11.7. The smallest absolute Gasteiger partial charge is 0.410 e. The molecule has 3 fully saturated rings. The number of hydrogen-bond donors (Lipinski definition) is 4. The van der Waals surface area contributed by atoms with Crippen LogP contribution in [0, 0.1) is 22.0 Å². The minimum Gasteiger partial charge on any atom is -0.477 e. The van der Waals surface area contributed by atoms with Gasteiger partial charge in [-0.15, -0.1) is 11.8 Å². The highest BCUT2D eigenvalue weighted by atomic mass is 32.2. The lowest BCUT2D eigenvalue weighted by atomic mass is 9.79. The van der Waals surface area contributed by atoms with Gasteiger partial charge in [-0.1, -0.05) is 6.92 Å². The maximum absolute atomic E-state index is 13.5. The molecule has 43 heavy (non-hydrogen) atoms. The molecule has 1 aromatic rings. The van der Waals surface area contributed by atoms with E-state index in [9.17, 15) is 49.7 Å². The zero-order valence-electron chi connectivity index (χ0n) is 23.3. The minimum absolute atomic E-state index is 0.000673. The Labute approximate surface area is 249 Å². The fraction of sp³-hybridized carbons (Fsp3) is 0.556. The number of nitro groups is 1. The van der Waals surface area contributed by atoms with Crippen molar-refractivity contribution in [3.8, 4) is 0 Å². The van der Waals surface area contributed by atoms with Gasteiger partial charge in [0.1, 0.15) is 18.3 Å². The summed E-state index contributed by atoms with van der Waals surface area (Å²) in [6.45, 7) is 2.80. The number of aliphatic carboxylic acids is 1. The molecule has 0 radical (unpaired) electrons. The summed E-state index contributed by atoms with van der Waals surface area (Å²) in [5.74, 6) is -3.42. The van der Waals surface area contributed by atoms with Crippen LogP contribution < -0.4 is 0 Å². The number of thioether (sulfide) groups is 1. The molecule has 0 saturated carbocycles. The van der Waals surface area contributed by atoms with E-state index in [1.807, 2.05) is 0 Å². The van der Waals surface area contributed by atoms with Crippen molar-refractivity contribution in [2.24, 2.45) is 11.8 Å². The number of non-ortho nitro benzene ring substituents is 1. The van der Waals surface area contributed by atoms with Crippen molar-refractivity contribution >= 4 is 41.3 Å². The predicted octanol–water partition coefficient (Wildman–Crippen LogP) is 0.125. The van der Waals surface area contributed by atoms with Crippen LogP contribution in [0.4, 0.5) is 10.5 Å². The number of fused-ring (bicyclic) bond motifs is 1. The number of nitrogens with zero attached hydrogens (tertiary/aromatic N) is 4. The van der Waals surface area contributed by atoms with Gasteiger partial charge >= 0.3 is 12.1 Å². The number of β-amino-alcohol motifs (C(OH)–C–C–N with tert-alkyl or cyclic N) is 2. The Bertz CT molecular complexity index is 1360. The Hall–Kier alpha value is -3.73. The average Bonchev–Trinajstić information content (AvgIpc) is 3.60. The first-order valence-electron chi connectivity index (χ1n) is 13.8. The summed E-state index contributed by atoms with van der Waals surface area (Å²) >= 11 is 1.17. The van der Waals surface area contributed by atoms with Crippen molar-refractivity contribution < 1.29 is 49.3 Å². The van der Waals surface area contributed by atoms with Crippen LogP contribution in [-0.4, -0.2) is 119 Å². The molecule has 0 aliphatic carbocycles. The zero-order chi connectivity index (χ0) is 31.3. The van der Waals surface area contributed by atoms with Crippen LogP contribution in [0.5, 0.6) is 0 Å². The highest BCUT2D eigenvalue weighted by molar-refractivity contribution is 8.03. The lowest BCUT2D eigenvalue weighted by Crippen LogP contribution is -2.63. The van der Waals surface area contributed by atoms with Gasteiger partial charge in [0.25, 0.3) is 5.69 Å². The third-order valence-electron chi connectivity index (χ3n) is 8.47. The Morgan fingerprint density at radius 3 is 2.33 bits per heavy atom.